The summed E-state index contributed by atoms with van der Waals surface area (Å²) in [6, 6.07) is 18.3. The van der Waals surface area contributed by atoms with Crippen LogP contribution in [0.25, 0.3) is 0 Å². The Bertz CT molecular complexity index is 788. The standard InChI is InChI=1S/C22H29N5O/c1-17-8-10-20(11-9-17)27-15-12-19(16-27)26-22(23-2)25-14-13-24-21(28)18-6-4-3-5-7-18/h3-11,19H,12-16H2,1-2H3,(H,24,28)(H2,23,25,26). The Morgan fingerprint density at radius 3 is 2.50 bits per heavy atom. The fourth-order valence-electron chi connectivity index (χ4n) is 3.30. The highest BCUT2D eigenvalue weighted by Gasteiger charge is 2.23. The monoisotopic (exact) mass is 379 g/mol. The summed E-state index contributed by atoms with van der Waals surface area (Å²) < 4.78 is 0. The molecule has 3 N–H and O–H groups in total. The van der Waals surface area contributed by atoms with Gasteiger partial charge in [0.1, 0.15) is 0 Å². The van der Waals surface area contributed by atoms with Crippen molar-refractivity contribution < 1.29 is 4.79 Å². The molecule has 1 unspecified atom stereocenters. The number of nitrogens with zero attached hydrogens (tertiary/aromatic N) is 2. The van der Waals surface area contributed by atoms with E-state index >= 15 is 0 Å². The first-order chi connectivity index (χ1) is 13.7. The van der Waals surface area contributed by atoms with Gasteiger partial charge in [-0.05, 0) is 37.6 Å². The van der Waals surface area contributed by atoms with Crippen LogP contribution in [-0.2, 0) is 0 Å². The van der Waals surface area contributed by atoms with E-state index in [2.05, 4.69) is 57.0 Å². The first kappa shape index (κ1) is 19.7. The van der Waals surface area contributed by atoms with Crippen LogP contribution in [0.2, 0.25) is 0 Å². The lowest BCUT2D eigenvalue weighted by atomic mass is 10.2. The predicted molar refractivity (Wildman–Crippen MR) is 115 cm³/mol. The van der Waals surface area contributed by atoms with E-state index < -0.39 is 0 Å². The Morgan fingerprint density at radius 1 is 1.07 bits per heavy atom. The minimum Gasteiger partial charge on any atom is -0.369 e. The summed E-state index contributed by atoms with van der Waals surface area (Å²) in [5, 5.41) is 9.66. The number of aliphatic imine (C=N–C) groups is 1. The Morgan fingerprint density at radius 2 is 1.79 bits per heavy atom. The summed E-state index contributed by atoms with van der Waals surface area (Å²) in [6.07, 6.45) is 1.07. The fraction of sp³-hybridized carbons (Fsp3) is 0.364. The lowest BCUT2D eigenvalue weighted by Gasteiger charge is -2.20. The molecule has 1 atom stereocenters. The summed E-state index contributed by atoms with van der Waals surface area (Å²) in [5.74, 6) is 0.708. The van der Waals surface area contributed by atoms with E-state index in [1.165, 1.54) is 11.3 Å². The number of carbonyl (C=O) groups is 1. The molecule has 3 rings (SSSR count). The maximum atomic E-state index is 12.0. The molecule has 0 aliphatic carbocycles. The van der Waals surface area contributed by atoms with E-state index in [1.807, 2.05) is 30.3 Å². The Kier molecular flexibility index (Phi) is 6.89. The van der Waals surface area contributed by atoms with Crippen LogP contribution in [-0.4, -0.2) is 51.1 Å². The normalized spacial score (nSPS) is 16.7. The van der Waals surface area contributed by atoms with Crippen LogP contribution >= 0.6 is 0 Å². The van der Waals surface area contributed by atoms with Gasteiger partial charge in [-0.15, -0.1) is 0 Å². The van der Waals surface area contributed by atoms with Gasteiger partial charge in [0.05, 0.1) is 0 Å². The van der Waals surface area contributed by atoms with Gasteiger partial charge >= 0.3 is 0 Å². The number of guanidine groups is 1. The van der Waals surface area contributed by atoms with E-state index in [4.69, 9.17) is 0 Å². The molecule has 0 spiro atoms. The molecule has 1 saturated heterocycles. The molecule has 1 heterocycles. The molecule has 1 fully saturated rings. The maximum Gasteiger partial charge on any atom is 0.251 e. The van der Waals surface area contributed by atoms with E-state index in [0.29, 0.717) is 24.7 Å². The first-order valence-corrected chi connectivity index (χ1v) is 9.78. The number of benzene rings is 2. The molecule has 0 radical (unpaired) electrons. The molecule has 0 saturated carbocycles. The first-order valence-electron chi connectivity index (χ1n) is 9.78. The molecule has 2 aromatic carbocycles. The van der Waals surface area contributed by atoms with Gasteiger partial charge in [0.2, 0.25) is 0 Å². The van der Waals surface area contributed by atoms with Gasteiger partial charge in [0, 0.05) is 50.5 Å². The molecule has 1 aliphatic rings. The second kappa shape index (κ2) is 9.78. The van der Waals surface area contributed by atoms with Crippen LogP contribution in [0.3, 0.4) is 0 Å². The van der Waals surface area contributed by atoms with E-state index in [-0.39, 0.29) is 5.91 Å². The molecule has 0 aromatic heterocycles. The van der Waals surface area contributed by atoms with Crippen LogP contribution in [0, 0.1) is 6.92 Å². The third-order valence-corrected chi connectivity index (χ3v) is 4.89. The largest absolute Gasteiger partial charge is 0.369 e. The highest BCUT2D eigenvalue weighted by atomic mass is 16.1. The van der Waals surface area contributed by atoms with Crippen molar-refractivity contribution in [2.45, 2.75) is 19.4 Å². The van der Waals surface area contributed by atoms with Gasteiger partial charge in [0.15, 0.2) is 5.96 Å². The number of carbonyl (C=O) groups excluding carboxylic acids is 1. The highest BCUT2D eigenvalue weighted by Crippen LogP contribution is 2.20. The van der Waals surface area contributed by atoms with Gasteiger partial charge in [-0.1, -0.05) is 35.9 Å². The van der Waals surface area contributed by atoms with Crippen molar-refractivity contribution in [1.82, 2.24) is 16.0 Å². The maximum absolute atomic E-state index is 12.0. The van der Waals surface area contributed by atoms with Gasteiger partial charge in [0.25, 0.3) is 5.91 Å². The average Bonchev–Trinajstić information content (AvgIpc) is 3.19. The zero-order chi connectivity index (χ0) is 19.8. The van der Waals surface area contributed by atoms with Crippen LogP contribution in [0.4, 0.5) is 5.69 Å². The van der Waals surface area contributed by atoms with Gasteiger partial charge in [-0.2, -0.15) is 0 Å². The number of amides is 1. The lowest BCUT2D eigenvalue weighted by Crippen LogP contribution is -2.46. The van der Waals surface area contributed by atoms with Crippen molar-refractivity contribution in [3.63, 3.8) is 0 Å². The van der Waals surface area contributed by atoms with Crippen LogP contribution in [0.15, 0.2) is 59.6 Å². The van der Waals surface area contributed by atoms with Crippen molar-refractivity contribution in [3.8, 4) is 0 Å². The average molecular weight is 380 g/mol. The molecule has 0 bridgehead atoms. The number of rotatable bonds is 6. The minimum atomic E-state index is -0.0603. The van der Waals surface area contributed by atoms with Gasteiger partial charge in [-0.25, -0.2) is 0 Å². The number of hydrogen-bond donors (Lipinski definition) is 3. The molecule has 1 amide bonds. The molecule has 6 heteroatoms. The van der Waals surface area contributed by atoms with Crippen molar-refractivity contribution >= 4 is 17.6 Å². The Labute approximate surface area is 167 Å². The van der Waals surface area contributed by atoms with E-state index in [0.717, 1.165) is 25.5 Å². The Hall–Kier alpha value is -3.02. The fourth-order valence-corrected chi connectivity index (χ4v) is 3.30. The topological polar surface area (TPSA) is 68.8 Å². The zero-order valence-corrected chi connectivity index (χ0v) is 16.6. The second-order valence-electron chi connectivity index (χ2n) is 7.03. The quantitative estimate of drug-likeness (QED) is 0.409. The number of aryl methyl sites for hydroxylation is 1. The van der Waals surface area contributed by atoms with E-state index in [9.17, 15) is 4.79 Å². The number of hydrogen-bond acceptors (Lipinski definition) is 3. The molecule has 1 aliphatic heterocycles. The molecule has 148 valence electrons. The summed E-state index contributed by atoms with van der Waals surface area (Å²) >= 11 is 0. The van der Waals surface area contributed by atoms with Crippen LogP contribution in [0.5, 0.6) is 0 Å². The number of anilines is 1. The van der Waals surface area contributed by atoms with Crippen molar-refractivity contribution in [1.29, 1.82) is 0 Å². The molecule has 6 nitrogen and oxygen atoms in total. The van der Waals surface area contributed by atoms with Gasteiger partial charge < -0.3 is 20.9 Å². The smallest absolute Gasteiger partial charge is 0.251 e. The minimum absolute atomic E-state index is 0.0603. The summed E-state index contributed by atoms with van der Waals surface area (Å²) in [7, 11) is 1.77. The predicted octanol–water partition coefficient (Wildman–Crippen LogP) is 2.17. The third kappa shape index (κ3) is 5.49. The summed E-state index contributed by atoms with van der Waals surface area (Å²) in [4.78, 5) is 18.7. The number of nitrogens with one attached hydrogen (secondary N) is 3. The third-order valence-electron chi connectivity index (χ3n) is 4.89. The molecular weight excluding hydrogens is 350 g/mol. The molecular formula is C22H29N5O. The Balaban J connectivity index is 1.39. The van der Waals surface area contributed by atoms with E-state index in [1.54, 1.807) is 7.05 Å². The SMILES string of the molecule is CN=C(NCCNC(=O)c1ccccc1)NC1CCN(c2ccc(C)cc2)C1. The van der Waals surface area contributed by atoms with Gasteiger partial charge in [-0.3, -0.25) is 9.79 Å². The van der Waals surface area contributed by atoms with Crippen molar-refractivity contribution in [3.05, 3.63) is 65.7 Å². The zero-order valence-electron chi connectivity index (χ0n) is 16.6. The molecule has 28 heavy (non-hydrogen) atoms. The van der Waals surface area contributed by atoms with Crippen molar-refractivity contribution in [2.24, 2.45) is 4.99 Å². The lowest BCUT2D eigenvalue weighted by molar-refractivity contribution is 0.0954. The van der Waals surface area contributed by atoms with Crippen LogP contribution < -0.4 is 20.9 Å². The molecule has 2 aromatic rings. The summed E-state index contributed by atoms with van der Waals surface area (Å²) in [6.45, 7) is 5.25. The highest BCUT2D eigenvalue weighted by molar-refractivity contribution is 5.94. The van der Waals surface area contributed by atoms with Crippen molar-refractivity contribution in [2.75, 3.05) is 38.1 Å². The second-order valence-corrected chi connectivity index (χ2v) is 7.03. The van der Waals surface area contributed by atoms with Crippen LogP contribution in [0.1, 0.15) is 22.3 Å². The summed E-state index contributed by atoms with van der Waals surface area (Å²) in [5.41, 5.74) is 3.22.